The van der Waals surface area contributed by atoms with Gasteiger partial charge < -0.3 is 21.3 Å². The molecule has 1 aromatic heterocycles. The molecule has 4 N–H and O–H groups in total. The molecule has 192 valence electrons. The summed E-state index contributed by atoms with van der Waals surface area (Å²) in [6.07, 6.45) is 9.96. The third-order valence-corrected chi connectivity index (χ3v) is 6.31. The monoisotopic (exact) mass is 528 g/mol. The molecule has 1 fully saturated rings. The molecule has 0 aliphatic carbocycles. The number of rotatable bonds is 7. The Hall–Kier alpha value is -4.68. The Morgan fingerprint density at radius 1 is 1.05 bits per heavy atom. The van der Waals surface area contributed by atoms with Crippen LogP contribution in [-0.4, -0.2) is 47.0 Å². The average molecular weight is 529 g/mol. The zero-order chi connectivity index (χ0) is 27.1. The van der Waals surface area contributed by atoms with E-state index in [1.54, 1.807) is 54.9 Å². The van der Waals surface area contributed by atoms with Gasteiger partial charge in [0.1, 0.15) is 5.82 Å². The molecule has 3 aromatic rings. The number of nitrogens with zero attached hydrogens (tertiary/aromatic N) is 3. The fraction of sp³-hybridized carbons (Fsp3) is 0.179. The molecule has 0 bridgehead atoms. The van der Waals surface area contributed by atoms with E-state index < -0.39 is 11.8 Å². The van der Waals surface area contributed by atoms with Gasteiger partial charge in [0.15, 0.2) is 0 Å². The van der Waals surface area contributed by atoms with E-state index in [0.717, 1.165) is 0 Å². The summed E-state index contributed by atoms with van der Waals surface area (Å²) in [4.78, 5) is 47.7. The summed E-state index contributed by atoms with van der Waals surface area (Å²) < 4.78 is 0. The van der Waals surface area contributed by atoms with Gasteiger partial charge in [0, 0.05) is 41.4 Å². The lowest BCUT2D eigenvalue weighted by atomic mass is 9.97. The van der Waals surface area contributed by atoms with E-state index in [-0.39, 0.29) is 17.4 Å². The summed E-state index contributed by atoms with van der Waals surface area (Å²) in [6.45, 7) is 1.42. The maximum Gasteiger partial charge on any atom is 0.258 e. The van der Waals surface area contributed by atoms with Crippen LogP contribution in [0.5, 0.6) is 0 Å². The summed E-state index contributed by atoms with van der Waals surface area (Å²) in [6, 6.07) is 14.6. The number of carbonyl (C=O) groups is 3. The van der Waals surface area contributed by atoms with E-state index in [0.29, 0.717) is 59.3 Å². The van der Waals surface area contributed by atoms with Gasteiger partial charge in [-0.25, -0.2) is 9.98 Å². The third-order valence-electron chi connectivity index (χ3n) is 6.08. The lowest BCUT2D eigenvalue weighted by Gasteiger charge is -2.28. The molecule has 0 saturated carbocycles. The van der Waals surface area contributed by atoms with Crippen LogP contribution < -0.4 is 16.4 Å². The Morgan fingerprint density at radius 3 is 2.42 bits per heavy atom. The number of anilines is 2. The van der Waals surface area contributed by atoms with Crippen LogP contribution in [-0.2, 0) is 4.79 Å². The molecule has 38 heavy (non-hydrogen) atoms. The van der Waals surface area contributed by atoms with Crippen molar-refractivity contribution in [2.24, 2.45) is 16.6 Å². The van der Waals surface area contributed by atoms with Crippen molar-refractivity contribution >= 4 is 52.9 Å². The highest BCUT2D eigenvalue weighted by molar-refractivity contribution is 6.31. The second-order valence-electron chi connectivity index (χ2n) is 8.68. The molecular formula is C28H25ClN6O3. The topological polar surface area (TPSA) is 130 Å². The van der Waals surface area contributed by atoms with E-state index in [1.165, 1.54) is 12.3 Å². The Kier molecular flexibility index (Phi) is 8.36. The van der Waals surface area contributed by atoms with Crippen LogP contribution in [0.2, 0.25) is 5.02 Å². The second kappa shape index (κ2) is 12.0. The number of piperidine rings is 1. The summed E-state index contributed by atoms with van der Waals surface area (Å²) in [5.41, 5.74) is 7.49. The highest BCUT2D eigenvalue weighted by atomic mass is 35.5. The van der Waals surface area contributed by atoms with Crippen molar-refractivity contribution in [3.8, 4) is 12.3 Å². The van der Waals surface area contributed by atoms with Crippen LogP contribution in [0.4, 0.5) is 17.2 Å². The number of nitrogens with one attached hydrogen (secondary N) is 2. The largest absolute Gasteiger partial charge is 0.369 e. The molecule has 3 amide bonds. The molecule has 0 atom stereocenters. The van der Waals surface area contributed by atoms with Crippen molar-refractivity contribution in [2.45, 2.75) is 12.8 Å². The molecular weight excluding hydrogens is 504 g/mol. The maximum atomic E-state index is 12.9. The fourth-order valence-electron chi connectivity index (χ4n) is 3.89. The average Bonchev–Trinajstić information content (AvgIpc) is 2.93. The van der Waals surface area contributed by atoms with Gasteiger partial charge in [0.05, 0.1) is 23.3 Å². The number of amides is 3. The highest BCUT2D eigenvalue weighted by Crippen LogP contribution is 2.23. The Bertz CT molecular complexity index is 1410. The number of carbonyl (C=O) groups excluding carboxylic acids is 3. The number of primary amides is 1. The minimum absolute atomic E-state index is 0.0817. The first kappa shape index (κ1) is 26.4. The number of aliphatic imine (C=N–C) groups is 1. The Labute approximate surface area is 225 Å². The molecule has 1 aliphatic rings. The van der Waals surface area contributed by atoms with Crippen LogP contribution in [0, 0.1) is 18.3 Å². The molecule has 10 heteroatoms. The summed E-state index contributed by atoms with van der Waals surface area (Å²) in [5.74, 6) is 1.53. The molecule has 0 spiro atoms. The highest BCUT2D eigenvalue weighted by Gasteiger charge is 2.21. The lowest BCUT2D eigenvalue weighted by Crippen LogP contribution is -2.37. The number of aromatic nitrogens is 1. The minimum atomic E-state index is -0.492. The molecule has 4 rings (SSSR count). The molecule has 0 unspecified atom stereocenters. The van der Waals surface area contributed by atoms with Gasteiger partial charge in [-0.2, -0.15) is 0 Å². The number of hydrogen-bond donors (Lipinski definition) is 3. The number of pyridine rings is 1. The molecule has 0 radical (unpaired) electrons. The zero-order valence-electron chi connectivity index (χ0n) is 20.4. The zero-order valence-corrected chi connectivity index (χ0v) is 21.1. The Balaban J connectivity index is 1.40. The fourth-order valence-corrected chi connectivity index (χ4v) is 4.06. The molecule has 9 nitrogen and oxygen atoms in total. The van der Waals surface area contributed by atoms with Crippen LogP contribution in [0.15, 0.2) is 65.8 Å². The predicted molar refractivity (Wildman–Crippen MR) is 148 cm³/mol. The second-order valence-corrected chi connectivity index (χ2v) is 9.12. The quantitative estimate of drug-likeness (QED) is 0.242. The van der Waals surface area contributed by atoms with E-state index in [9.17, 15) is 14.4 Å². The summed E-state index contributed by atoms with van der Waals surface area (Å²) in [7, 11) is 0. The molecule has 1 saturated heterocycles. The van der Waals surface area contributed by atoms with E-state index in [4.69, 9.17) is 23.8 Å². The van der Waals surface area contributed by atoms with Gasteiger partial charge in [-0.1, -0.05) is 17.5 Å². The van der Waals surface area contributed by atoms with Gasteiger partial charge in [0.25, 0.3) is 11.8 Å². The first-order chi connectivity index (χ1) is 18.3. The van der Waals surface area contributed by atoms with Crippen LogP contribution >= 0.6 is 11.6 Å². The van der Waals surface area contributed by atoms with Crippen molar-refractivity contribution in [3.05, 3.63) is 82.5 Å². The van der Waals surface area contributed by atoms with Crippen LogP contribution in [0.1, 0.15) is 39.1 Å². The van der Waals surface area contributed by atoms with Gasteiger partial charge in [0.2, 0.25) is 5.91 Å². The molecule has 1 aliphatic heterocycles. The lowest BCUT2D eigenvalue weighted by molar-refractivity contribution is -0.122. The van der Waals surface area contributed by atoms with E-state index in [2.05, 4.69) is 26.5 Å². The van der Waals surface area contributed by atoms with Gasteiger partial charge in [-0.05, 0) is 67.4 Å². The van der Waals surface area contributed by atoms with Crippen molar-refractivity contribution in [2.75, 3.05) is 23.7 Å². The maximum absolute atomic E-state index is 12.9. The minimum Gasteiger partial charge on any atom is -0.369 e. The van der Waals surface area contributed by atoms with Crippen molar-refractivity contribution in [3.63, 3.8) is 0 Å². The number of nitrogens with two attached hydrogens (primary N) is 1. The van der Waals surface area contributed by atoms with Gasteiger partial charge in [-0.15, -0.1) is 6.42 Å². The molecule has 2 heterocycles. The van der Waals surface area contributed by atoms with Crippen molar-refractivity contribution < 1.29 is 14.4 Å². The standard InChI is InChI=1S/C28H25ClN6O3/c1-2-18-3-10-25(31-16-18)34-28(38)23-15-21(29)6-9-24(23)33-27(37)20-4-7-22(8-5-20)32-17-35-13-11-19(12-14-35)26(30)36/h1,3-10,15-17,19H,11-14H2,(H2,30,36)(H,33,37)(H,31,34,38). The van der Waals surface area contributed by atoms with Crippen LogP contribution in [0.25, 0.3) is 0 Å². The summed E-state index contributed by atoms with van der Waals surface area (Å²) >= 11 is 6.11. The number of hydrogen-bond acceptors (Lipinski definition) is 5. The van der Waals surface area contributed by atoms with Gasteiger partial charge in [-0.3, -0.25) is 14.4 Å². The van der Waals surface area contributed by atoms with Gasteiger partial charge >= 0.3 is 0 Å². The normalized spacial score (nSPS) is 13.6. The third kappa shape index (κ3) is 6.75. The van der Waals surface area contributed by atoms with Crippen molar-refractivity contribution in [1.29, 1.82) is 0 Å². The Morgan fingerprint density at radius 2 is 1.79 bits per heavy atom. The molecule has 2 aromatic carbocycles. The van der Waals surface area contributed by atoms with Crippen LogP contribution in [0.3, 0.4) is 0 Å². The smallest absolute Gasteiger partial charge is 0.258 e. The number of terminal acetylenes is 1. The number of halogens is 1. The SMILES string of the molecule is C#Cc1ccc(NC(=O)c2cc(Cl)ccc2NC(=O)c2ccc(N=CN3CCC(C(N)=O)CC3)cc2)nc1. The first-order valence-corrected chi connectivity index (χ1v) is 12.2. The van der Waals surface area contributed by atoms with E-state index >= 15 is 0 Å². The first-order valence-electron chi connectivity index (χ1n) is 11.8. The van der Waals surface area contributed by atoms with Crippen molar-refractivity contribution in [1.82, 2.24) is 9.88 Å². The predicted octanol–water partition coefficient (Wildman–Crippen LogP) is 4.08. The van der Waals surface area contributed by atoms with E-state index in [1.807, 2.05) is 4.90 Å². The number of benzene rings is 2. The summed E-state index contributed by atoms with van der Waals surface area (Å²) in [5, 5.41) is 5.78. The number of likely N-dealkylation sites (tertiary alicyclic amines) is 1.